The van der Waals surface area contributed by atoms with Crippen molar-refractivity contribution in [1.82, 2.24) is 0 Å². The van der Waals surface area contributed by atoms with E-state index in [1.165, 1.54) is 64.0 Å². The van der Waals surface area contributed by atoms with Crippen LogP contribution in [0.2, 0.25) is 0 Å². The normalized spacial score (nSPS) is 16.3. The number of halogens is 3. The zero-order valence-electron chi connectivity index (χ0n) is 45.8. The van der Waals surface area contributed by atoms with Gasteiger partial charge in [0.05, 0.1) is 22.4 Å². The van der Waals surface area contributed by atoms with Crippen molar-refractivity contribution in [2.45, 2.75) is 90.6 Å². The number of allylic oxidation sites excluding steroid dienone is 2. The van der Waals surface area contributed by atoms with E-state index in [9.17, 15) is 0 Å². The van der Waals surface area contributed by atoms with Crippen molar-refractivity contribution in [2.24, 2.45) is 0 Å². The summed E-state index contributed by atoms with van der Waals surface area (Å²) in [6.45, 7) is 16.5. The zero-order valence-corrected chi connectivity index (χ0v) is 52.2. The van der Waals surface area contributed by atoms with Crippen LogP contribution in [0.4, 0.5) is 0 Å². The second-order valence-electron chi connectivity index (χ2n) is 20.8. The van der Waals surface area contributed by atoms with Crippen LogP contribution in [0, 0.1) is 0 Å². The molecule has 4 nitrogen and oxygen atoms in total. The van der Waals surface area contributed by atoms with Crippen LogP contribution in [0.1, 0.15) is 77.6 Å². The van der Waals surface area contributed by atoms with E-state index in [0.29, 0.717) is 7.69 Å². The van der Waals surface area contributed by atoms with E-state index in [-0.39, 0.29) is 45.5 Å². The molecule has 0 unspecified atom stereocenters. The van der Waals surface area contributed by atoms with Gasteiger partial charge < -0.3 is 18.6 Å². The van der Waals surface area contributed by atoms with Gasteiger partial charge in [0.2, 0.25) is 0 Å². The molecule has 2 aliphatic heterocycles. The molecule has 78 heavy (non-hydrogen) atoms. The standard InChI is InChI=1S/2C18H15P.C15H19BO2.C9H7Br.C6H13BO2.2ClH.Pd/c2*1-4-10-16(11-5-1)19(17-12-6-2-7-13-17)18-14-8-3-9-15-18;1-14(2)15(3,4)18-16(17-14)13-9-11-7-5-6-8-12(11)10-13;10-9-5-7-3-1-2-4-8(7)6-9;1-5(2)6(3,4)9-7-8-5;;;/h2*1-15H;5-9H,10H2,1-4H3;1-5H,6H2;7H,1-4H3;2*1H;/q;;;;;;;+2/p-2. The van der Waals surface area contributed by atoms with Gasteiger partial charge in [0.15, 0.2) is 0 Å². The summed E-state index contributed by atoms with van der Waals surface area (Å²) < 4.78 is 24.1. The van der Waals surface area contributed by atoms with E-state index in [2.05, 4.69) is 286 Å². The van der Waals surface area contributed by atoms with E-state index in [1.54, 1.807) is 0 Å². The van der Waals surface area contributed by atoms with Gasteiger partial charge in [-0.15, -0.1) is 0 Å². The molecule has 0 spiro atoms. The van der Waals surface area contributed by atoms with Crippen molar-refractivity contribution in [2.75, 3.05) is 0 Å². The first-order valence-corrected chi connectivity index (χ1v) is 33.6. The number of hydrogen-bond acceptors (Lipinski definition) is 4. The molecule has 4 aliphatic rings. The van der Waals surface area contributed by atoms with Crippen LogP contribution in [0.15, 0.2) is 240 Å². The largest absolute Gasteiger partial charge is 0.0622 e. The first-order valence-electron chi connectivity index (χ1n) is 26.1. The fourth-order valence-corrected chi connectivity index (χ4v) is 13.9. The van der Waals surface area contributed by atoms with Crippen LogP contribution < -0.4 is 31.8 Å². The summed E-state index contributed by atoms with van der Waals surface area (Å²) in [5.41, 5.74) is 5.89. The smallest absolute Gasteiger partial charge is 0.0134 e. The SMILES string of the molecule is BrC1=Cc2ccccc2C1.CC1(C)OB(C2=Cc3ccccc3C2)OC1(C)C.CC1(C)OBOC1(C)C.[Cl][Pd][Cl].c1ccc(P(c2ccccc2)c2ccccc2)cc1.c1ccc(P(c2ccccc2)c2ccccc2)cc1. The summed E-state index contributed by atoms with van der Waals surface area (Å²) in [6, 6.07) is 81.6. The third kappa shape index (κ3) is 16.9. The zero-order chi connectivity index (χ0) is 55.6. The molecule has 0 bridgehead atoms. The van der Waals surface area contributed by atoms with Crippen LogP contribution in [0.25, 0.3) is 12.2 Å². The maximum absolute atomic E-state index is 6.09. The molecule has 2 saturated heterocycles. The molecule has 0 radical (unpaired) electrons. The molecule has 0 saturated carbocycles. The van der Waals surface area contributed by atoms with Gasteiger partial charge in [-0.3, -0.25) is 0 Å². The topological polar surface area (TPSA) is 36.9 Å². The fraction of sp³-hybridized carbons (Fsp3) is 0.212. The van der Waals surface area contributed by atoms with Gasteiger partial charge in [-0.2, -0.15) is 0 Å². The maximum Gasteiger partial charge on any atom is -0.0134 e. The van der Waals surface area contributed by atoms with Crippen LogP contribution in [-0.4, -0.2) is 37.2 Å². The maximum atomic E-state index is 6.09. The number of benzene rings is 8. The molecule has 2 fully saturated rings. The summed E-state index contributed by atoms with van der Waals surface area (Å²) in [5, 5.41) is 8.39. The predicted octanol–water partition coefficient (Wildman–Crippen LogP) is 15.4. The van der Waals surface area contributed by atoms with E-state index < -0.39 is 15.8 Å². The van der Waals surface area contributed by atoms with Crippen molar-refractivity contribution in [3.8, 4) is 0 Å². The average molecular weight is 1270 g/mol. The van der Waals surface area contributed by atoms with E-state index in [0.717, 1.165) is 12.8 Å². The van der Waals surface area contributed by atoms with Crippen LogP contribution >= 0.6 is 50.8 Å². The Morgan fingerprint density at radius 1 is 0.397 bits per heavy atom. The fourth-order valence-electron chi connectivity index (χ4n) is 8.72. The quantitative estimate of drug-likeness (QED) is 0.118. The van der Waals surface area contributed by atoms with Crippen LogP contribution in [-0.2, 0) is 47.4 Å². The van der Waals surface area contributed by atoms with Gasteiger partial charge in [0.25, 0.3) is 0 Å². The Hall–Kier alpha value is -4.21. The molecule has 8 aromatic carbocycles. The van der Waals surface area contributed by atoms with Crippen molar-refractivity contribution in [3.63, 3.8) is 0 Å². The minimum Gasteiger partial charge on any atom is -0.0622 e. The molecule has 8 aromatic rings. The minimum atomic E-state index is -0.446. The molecule has 404 valence electrons. The van der Waals surface area contributed by atoms with E-state index in [1.807, 2.05) is 27.7 Å². The molecular formula is C66H69B2BrCl2O4P2Pd. The van der Waals surface area contributed by atoms with Crippen LogP contribution in [0.3, 0.4) is 0 Å². The molecule has 0 N–H and O–H groups in total. The van der Waals surface area contributed by atoms with E-state index in [4.69, 9.17) is 37.7 Å². The average Bonchev–Trinajstić information content (AvgIpc) is 4.20. The van der Waals surface area contributed by atoms with Gasteiger partial charge in [-0.25, -0.2) is 0 Å². The van der Waals surface area contributed by atoms with Gasteiger partial charge in [0.1, 0.15) is 0 Å². The van der Waals surface area contributed by atoms with Crippen molar-refractivity contribution in [1.29, 1.82) is 0 Å². The third-order valence-corrected chi connectivity index (χ3v) is 19.8. The van der Waals surface area contributed by atoms with Gasteiger partial charge in [0, 0.05) is 10.9 Å². The first-order chi connectivity index (χ1) is 37.5. The Morgan fingerprint density at radius 3 is 0.936 bits per heavy atom. The molecule has 0 amide bonds. The summed E-state index contributed by atoms with van der Waals surface area (Å²) in [6.07, 6.45) is 6.38. The summed E-state index contributed by atoms with van der Waals surface area (Å²) in [5.74, 6) is 0. The second-order valence-corrected chi connectivity index (χ2v) is 28.6. The summed E-state index contributed by atoms with van der Waals surface area (Å²) in [4.78, 5) is 0. The summed E-state index contributed by atoms with van der Waals surface area (Å²) in [7, 11) is 8.96. The van der Waals surface area contributed by atoms with Gasteiger partial charge >= 0.3 is 49.8 Å². The predicted molar refractivity (Wildman–Crippen MR) is 341 cm³/mol. The van der Waals surface area contributed by atoms with Crippen molar-refractivity contribution < 1.29 is 34.6 Å². The number of hydrogen-bond donors (Lipinski definition) is 0. The Balaban J connectivity index is 0.000000143. The second kappa shape index (κ2) is 29.5. The Morgan fingerprint density at radius 2 is 0.667 bits per heavy atom. The minimum absolute atomic E-state index is 0.106. The monoisotopic (exact) mass is 1260 g/mol. The van der Waals surface area contributed by atoms with Crippen LogP contribution in [0.5, 0.6) is 0 Å². The molecule has 2 heterocycles. The number of fused-ring (bicyclic) bond motifs is 2. The Bertz CT molecular complexity index is 2800. The Kier molecular flexibility index (Phi) is 23.2. The third-order valence-electron chi connectivity index (χ3n) is 14.4. The number of rotatable bonds is 7. The van der Waals surface area contributed by atoms with Gasteiger partial charge in [-0.05, 0) is 143 Å². The van der Waals surface area contributed by atoms with E-state index >= 15 is 0 Å². The van der Waals surface area contributed by atoms with Gasteiger partial charge in [-0.1, -0.05) is 253 Å². The molecular weight excluding hydrogens is 1200 g/mol. The molecule has 0 aromatic heterocycles. The van der Waals surface area contributed by atoms with Crippen molar-refractivity contribution in [3.05, 3.63) is 263 Å². The first kappa shape index (κ1) is 61.4. The Labute approximate surface area is 493 Å². The molecule has 12 heteroatoms. The molecule has 12 rings (SSSR count). The molecule has 2 aliphatic carbocycles. The van der Waals surface area contributed by atoms with Crippen molar-refractivity contribution >= 4 is 110 Å². The summed E-state index contributed by atoms with van der Waals surface area (Å²) >= 11 is 3.37. The molecule has 0 atom stereocenters.